The molecule has 0 radical (unpaired) electrons. The third kappa shape index (κ3) is 1.69. The molecule has 1 aliphatic rings. The van der Waals surface area contributed by atoms with E-state index in [1.807, 2.05) is 4.57 Å². The normalized spacial score (nSPS) is 17.7. The van der Waals surface area contributed by atoms with Gasteiger partial charge in [0.05, 0.1) is 11.4 Å². The van der Waals surface area contributed by atoms with Crippen LogP contribution in [0.4, 0.5) is 8.78 Å². The zero-order chi connectivity index (χ0) is 13.6. The van der Waals surface area contributed by atoms with Crippen LogP contribution in [0, 0.1) is 11.6 Å². The number of nitrogens with zero attached hydrogens (tertiary/aromatic N) is 2. The first-order chi connectivity index (χ1) is 9.13. The fraction of sp³-hybridized carbons (Fsp3) is 0.500. The van der Waals surface area contributed by atoms with Gasteiger partial charge in [0.25, 0.3) is 0 Å². The molecule has 0 aliphatic heterocycles. The van der Waals surface area contributed by atoms with E-state index >= 15 is 0 Å². The number of imidazole rings is 1. The van der Waals surface area contributed by atoms with E-state index in [9.17, 15) is 8.78 Å². The molecule has 1 fully saturated rings. The Labute approximate surface area is 115 Å². The number of aromatic nitrogens is 2. The monoisotopic (exact) mass is 284 g/mol. The van der Waals surface area contributed by atoms with Crippen LogP contribution in [0.1, 0.15) is 38.4 Å². The van der Waals surface area contributed by atoms with Crippen molar-refractivity contribution in [3.05, 3.63) is 29.6 Å². The Bertz CT molecular complexity index is 626. The van der Waals surface area contributed by atoms with Crippen molar-refractivity contribution in [1.82, 2.24) is 9.55 Å². The van der Waals surface area contributed by atoms with Gasteiger partial charge in [-0.15, -0.1) is 11.6 Å². The van der Waals surface area contributed by atoms with Crippen LogP contribution < -0.4 is 0 Å². The molecule has 0 spiro atoms. The van der Waals surface area contributed by atoms with Gasteiger partial charge >= 0.3 is 0 Å². The van der Waals surface area contributed by atoms with Crippen molar-refractivity contribution < 1.29 is 8.78 Å². The van der Waals surface area contributed by atoms with E-state index in [0.717, 1.165) is 31.7 Å². The molecule has 2 nitrogen and oxygen atoms in total. The Balaban J connectivity index is 2.35. The van der Waals surface area contributed by atoms with Crippen molar-refractivity contribution >= 4 is 22.6 Å². The highest BCUT2D eigenvalue weighted by Crippen LogP contribution is 2.45. The number of halogens is 3. The molecular formula is C14H15ClF2N2. The summed E-state index contributed by atoms with van der Waals surface area (Å²) in [5.74, 6) is -0.818. The Morgan fingerprint density at radius 2 is 2.11 bits per heavy atom. The summed E-state index contributed by atoms with van der Waals surface area (Å²) in [5.41, 5.74) is 0.597. The molecule has 1 aromatic carbocycles. The van der Waals surface area contributed by atoms with Crippen LogP contribution in [0.5, 0.6) is 0 Å². The zero-order valence-corrected chi connectivity index (χ0v) is 11.5. The molecule has 1 aliphatic carbocycles. The van der Waals surface area contributed by atoms with Crippen LogP contribution in [0.25, 0.3) is 11.0 Å². The lowest BCUT2D eigenvalue weighted by Crippen LogP contribution is -2.41. The summed E-state index contributed by atoms with van der Waals surface area (Å²) in [7, 11) is 0. The molecule has 0 bridgehead atoms. The molecular weight excluding hydrogens is 270 g/mol. The van der Waals surface area contributed by atoms with Gasteiger partial charge in [0, 0.05) is 5.54 Å². The fourth-order valence-corrected chi connectivity index (χ4v) is 3.25. The first kappa shape index (κ1) is 12.9. The van der Waals surface area contributed by atoms with Crippen LogP contribution in [0.15, 0.2) is 12.1 Å². The first-order valence-corrected chi connectivity index (χ1v) is 7.08. The van der Waals surface area contributed by atoms with Gasteiger partial charge < -0.3 is 4.57 Å². The topological polar surface area (TPSA) is 17.8 Å². The van der Waals surface area contributed by atoms with Gasteiger partial charge in [-0.3, -0.25) is 0 Å². The second-order valence-electron chi connectivity index (χ2n) is 5.16. The molecule has 0 atom stereocenters. The summed E-state index contributed by atoms with van der Waals surface area (Å²) in [4.78, 5) is 4.35. The summed E-state index contributed by atoms with van der Waals surface area (Å²) >= 11 is 5.94. The lowest BCUT2D eigenvalue weighted by atomic mass is 9.74. The molecule has 0 N–H and O–H groups in total. The predicted molar refractivity (Wildman–Crippen MR) is 71.3 cm³/mol. The van der Waals surface area contributed by atoms with Gasteiger partial charge in [0.2, 0.25) is 0 Å². The maximum Gasteiger partial charge on any atom is 0.184 e. The minimum Gasteiger partial charge on any atom is -0.318 e. The summed E-state index contributed by atoms with van der Waals surface area (Å²) < 4.78 is 29.5. The summed E-state index contributed by atoms with van der Waals surface area (Å²) in [5, 5.41) is 0. The molecule has 1 saturated carbocycles. The Hall–Kier alpha value is -1.16. The van der Waals surface area contributed by atoms with Crippen molar-refractivity contribution in [2.24, 2.45) is 0 Å². The third-order valence-electron chi connectivity index (χ3n) is 4.32. The Kier molecular flexibility index (Phi) is 3.01. The number of fused-ring (bicyclic) bond motifs is 1. The Morgan fingerprint density at radius 3 is 2.63 bits per heavy atom. The highest BCUT2D eigenvalue weighted by Gasteiger charge is 2.40. The maximum atomic E-state index is 14.2. The molecule has 5 heteroatoms. The first-order valence-electron chi connectivity index (χ1n) is 6.55. The molecule has 1 heterocycles. The fourth-order valence-electron chi connectivity index (χ4n) is 3.07. The van der Waals surface area contributed by atoms with Gasteiger partial charge in [-0.2, -0.15) is 0 Å². The van der Waals surface area contributed by atoms with E-state index in [2.05, 4.69) is 11.9 Å². The predicted octanol–water partition coefficient (Wildman–Crippen LogP) is 4.34. The molecule has 3 rings (SSSR count). The average molecular weight is 285 g/mol. The average Bonchev–Trinajstić information content (AvgIpc) is 2.73. The van der Waals surface area contributed by atoms with Crippen LogP contribution >= 0.6 is 11.6 Å². The number of alkyl halides is 1. The molecule has 2 aromatic rings. The van der Waals surface area contributed by atoms with Gasteiger partial charge in [-0.1, -0.05) is 6.92 Å². The second-order valence-corrected chi connectivity index (χ2v) is 5.42. The van der Waals surface area contributed by atoms with Crippen LogP contribution in [-0.4, -0.2) is 9.55 Å². The minimum absolute atomic E-state index is 0.145. The molecule has 1 aromatic heterocycles. The van der Waals surface area contributed by atoms with Crippen LogP contribution in [-0.2, 0) is 11.4 Å². The minimum atomic E-state index is -0.833. The highest BCUT2D eigenvalue weighted by molar-refractivity contribution is 6.16. The van der Waals surface area contributed by atoms with Crippen molar-refractivity contribution in [3.8, 4) is 0 Å². The van der Waals surface area contributed by atoms with Crippen molar-refractivity contribution in [2.45, 2.75) is 44.0 Å². The molecule has 0 unspecified atom stereocenters. The summed E-state index contributed by atoms with van der Waals surface area (Å²) in [6.07, 6.45) is 3.91. The van der Waals surface area contributed by atoms with Crippen LogP contribution in [0.2, 0.25) is 0 Å². The number of rotatable bonds is 3. The number of benzene rings is 1. The van der Waals surface area contributed by atoms with Crippen molar-refractivity contribution in [2.75, 3.05) is 0 Å². The largest absolute Gasteiger partial charge is 0.318 e. The van der Waals surface area contributed by atoms with Gasteiger partial charge in [0.15, 0.2) is 11.6 Å². The summed E-state index contributed by atoms with van der Waals surface area (Å²) in [6, 6.07) is 2.63. The zero-order valence-electron chi connectivity index (χ0n) is 10.7. The second kappa shape index (κ2) is 4.44. The molecule has 0 amide bonds. The lowest BCUT2D eigenvalue weighted by molar-refractivity contribution is 0.137. The van der Waals surface area contributed by atoms with Crippen molar-refractivity contribution in [3.63, 3.8) is 0 Å². The molecule has 19 heavy (non-hydrogen) atoms. The Morgan fingerprint density at radius 1 is 1.37 bits per heavy atom. The summed E-state index contributed by atoms with van der Waals surface area (Å²) in [6.45, 7) is 2.07. The van der Waals surface area contributed by atoms with Crippen LogP contribution in [0.3, 0.4) is 0 Å². The molecule has 102 valence electrons. The van der Waals surface area contributed by atoms with Gasteiger partial charge in [-0.05, 0) is 37.8 Å². The van der Waals surface area contributed by atoms with E-state index in [-0.39, 0.29) is 16.9 Å². The van der Waals surface area contributed by atoms with E-state index in [1.54, 1.807) is 0 Å². The smallest absolute Gasteiger partial charge is 0.184 e. The van der Waals surface area contributed by atoms with Gasteiger partial charge in [0.1, 0.15) is 11.3 Å². The lowest BCUT2D eigenvalue weighted by Gasteiger charge is -2.44. The molecule has 0 saturated heterocycles. The quantitative estimate of drug-likeness (QED) is 0.767. The van der Waals surface area contributed by atoms with Gasteiger partial charge in [-0.25, -0.2) is 13.8 Å². The van der Waals surface area contributed by atoms with E-state index in [4.69, 9.17) is 11.6 Å². The van der Waals surface area contributed by atoms with E-state index in [1.165, 1.54) is 6.07 Å². The van der Waals surface area contributed by atoms with E-state index < -0.39 is 11.6 Å². The highest BCUT2D eigenvalue weighted by atomic mass is 35.5. The van der Waals surface area contributed by atoms with E-state index in [0.29, 0.717) is 11.3 Å². The third-order valence-corrected chi connectivity index (χ3v) is 4.55. The number of hydrogen-bond acceptors (Lipinski definition) is 1. The van der Waals surface area contributed by atoms with Crippen molar-refractivity contribution in [1.29, 1.82) is 0 Å². The number of hydrogen-bond donors (Lipinski definition) is 0. The standard InChI is InChI=1S/C14H15ClF2N2/c1-2-14(6-3-7-14)19-11(8-15)18-10-5-4-9(16)12(17)13(10)19/h4-5H,2-3,6-8H2,1H3. The maximum absolute atomic E-state index is 14.2. The SMILES string of the molecule is CCC1(n2c(CCl)nc3ccc(F)c(F)c32)CCC1.